The predicted molar refractivity (Wildman–Crippen MR) is 221 cm³/mol. The van der Waals surface area contributed by atoms with Crippen LogP contribution in [0.2, 0.25) is 0 Å². The number of unbranched alkanes of at least 4 members (excludes halogenated alkanes) is 18. The van der Waals surface area contributed by atoms with Crippen molar-refractivity contribution in [3.63, 3.8) is 0 Å². The third-order valence-corrected chi connectivity index (χ3v) is 10.8. The molecule has 0 saturated heterocycles. The second-order valence-corrected chi connectivity index (χ2v) is 14.8. The van der Waals surface area contributed by atoms with Crippen LogP contribution in [0.15, 0.2) is 60.7 Å². The van der Waals surface area contributed by atoms with Gasteiger partial charge < -0.3 is 9.47 Å². The molecule has 4 heteroatoms. The average Bonchev–Trinajstić information content (AvgIpc) is 3.17. The van der Waals surface area contributed by atoms with Crippen LogP contribution in [0.5, 0.6) is 11.5 Å². The molecule has 0 bridgehead atoms. The van der Waals surface area contributed by atoms with E-state index in [0.29, 0.717) is 11.1 Å². The van der Waals surface area contributed by atoms with E-state index in [1.807, 2.05) is 12.1 Å². The number of nitriles is 2. The first-order valence-corrected chi connectivity index (χ1v) is 20.6. The number of ether oxygens (including phenoxy) is 2. The molecule has 0 heterocycles. The number of rotatable bonds is 24. The summed E-state index contributed by atoms with van der Waals surface area (Å²) in [5.41, 5.74) is 0.868. The fourth-order valence-corrected chi connectivity index (χ4v) is 7.81. The highest BCUT2D eigenvalue weighted by atomic mass is 16.5. The van der Waals surface area contributed by atoms with Crippen molar-refractivity contribution >= 4 is 43.1 Å². The lowest BCUT2D eigenvalue weighted by Gasteiger charge is -2.15. The first-order valence-electron chi connectivity index (χ1n) is 20.6. The lowest BCUT2D eigenvalue weighted by Crippen LogP contribution is -1.98. The van der Waals surface area contributed by atoms with Gasteiger partial charge >= 0.3 is 0 Å². The SMILES string of the molecule is CCCCCCCCCCCCOc1ccc2c(ccc3c(C#N)c(C#N)c4ccc5cc(OCCCCCCCCCCCC)ccc5c4c32)c1. The standard InChI is InChI=1S/C48H60N2O2/c1-3-5-7-9-11-13-15-17-19-21-31-51-39-25-29-41-37(33-39)23-27-43-45(35-49)46(36-50)44-28-24-38-34-40(26-30-42(38)48(44)47(41)43)52-32-22-20-18-16-14-12-10-8-6-4-2/h23-30,33-34H,3-22,31-32H2,1-2H3. The molecule has 0 saturated carbocycles. The van der Waals surface area contributed by atoms with E-state index in [2.05, 4.69) is 74.5 Å². The van der Waals surface area contributed by atoms with Gasteiger partial charge in [-0.1, -0.05) is 166 Å². The molecule has 0 radical (unpaired) electrons. The first kappa shape index (κ1) is 38.9. The lowest BCUT2D eigenvalue weighted by molar-refractivity contribution is 0.304. The van der Waals surface area contributed by atoms with E-state index < -0.39 is 0 Å². The molecule has 0 aliphatic carbocycles. The van der Waals surface area contributed by atoms with Gasteiger partial charge in [0.2, 0.25) is 0 Å². The zero-order chi connectivity index (χ0) is 36.4. The number of fused-ring (bicyclic) bond motifs is 7. The van der Waals surface area contributed by atoms with Crippen LogP contribution in [-0.2, 0) is 0 Å². The van der Waals surface area contributed by atoms with Gasteiger partial charge in [-0.05, 0) is 69.4 Å². The maximum atomic E-state index is 10.3. The largest absolute Gasteiger partial charge is 0.494 e. The van der Waals surface area contributed by atoms with Gasteiger partial charge in [-0.3, -0.25) is 0 Å². The number of hydrogen-bond donors (Lipinski definition) is 0. The summed E-state index contributed by atoms with van der Waals surface area (Å²) in [7, 11) is 0. The molecule has 52 heavy (non-hydrogen) atoms. The molecule has 0 amide bonds. The molecule has 4 nitrogen and oxygen atoms in total. The summed E-state index contributed by atoms with van der Waals surface area (Å²) in [6, 6.07) is 25.5. The number of nitrogens with zero attached hydrogens (tertiary/aromatic N) is 2. The van der Waals surface area contributed by atoms with E-state index in [1.165, 1.54) is 116 Å². The molecule has 274 valence electrons. The Bertz CT molecular complexity index is 1820. The summed E-state index contributed by atoms with van der Waals surface area (Å²) in [6.07, 6.45) is 26.1. The average molecular weight is 697 g/mol. The molecule has 0 aliphatic rings. The Morgan fingerprint density at radius 1 is 0.404 bits per heavy atom. The van der Waals surface area contributed by atoms with Gasteiger partial charge in [0.05, 0.1) is 24.3 Å². The normalized spacial score (nSPS) is 11.4. The van der Waals surface area contributed by atoms with Gasteiger partial charge in [0.15, 0.2) is 0 Å². The Morgan fingerprint density at radius 3 is 1.08 bits per heavy atom. The minimum Gasteiger partial charge on any atom is -0.494 e. The quantitative estimate of drug-likeness (QED) is 0.0476. The van der Waals surface area contributed by atoms with Crippen molar-refractivity contribution < 1.29 is 9.47 Å². The molecule has 0 spiro atoms. The third kappa shape index (κ3) is 10.4. The van der Waals surface area contributed by atoms with Crippen molar-refractivity contribution in [2.24, 2.45) is 0 Å². The second kappa shape index (κ2) is 21.3. The van der Waals surface area contributed by atoms with Crippen molar-refractivity contribution in [3.8, 4) is 23.6 Å². The summed E-state index contributed by atoms with van der Waals surface area (Å²) >= 11 is 0. The zero-order valence-corrected chi connectivity index (χ0v) is 32.0. The van der Waals surface area contributed by atoms with Crippen molar-refractivity contribution in [2.75, 3.05) is 13.2 Å². The van der Waals surface area contributed by atoms with E-state index >= 15 is 0 Å². The molecular formula is C48H60N2O2. The van der Waals surface area contributed by atoms with Gasteiger partial charge in [0.1, 0.15) is 23.6 Å². The predicted octanol–water partition coefficient (Wildman–Crippen LogP) is 14.6. The van der Waals surface area contributed by atoms with E-state index in [-0.39, 0.29) is 0 Å². The Morgan fingerprint density at radius 2 is 0.731 bits per heavy atom. The maximum Gasteiger partial charge on any atom is 0.119 e. The third-order valence-electron chi connectivity index (χ3n) is 10.8. The summed E-state index contributed by atoms with van der Waals surface area (Å²) in [6.45, 7) is 5.98. The van der Waals surface area contributed by atoms with Gasteiger partial charge in [0, 0.05) is 10.8 Å². The Kier molecular flexibility index (Phi) is 15.9. The van der Waals surface area contributed by atoms with Crippen molar-refractivity contribution in [1.29, 1.82) is 10.5 Å². The Labute approximate surface area is 313 Å². The van der Waals surface area contributed by atoms with E-state index in [4.69, 9.17) is 9.47 Å². The molecule has 0 atom stereocenters. The van der Waals surface area contributed by atoms with Crippen LogP contribution in [0, 0.1) is 22.7 Å². The van der Waals surface area contributed by atoms with E-state index in [9.17, 15) is 10.5 Å². The van der Waals surface area contributed by atoms with E-state index in [0.717, 1.165) is 80.6 Å². The summed E-state index contributed by atoms with van der Waals surface area (Å²) in [4.78, 5) is 0. The van der Waals surface area contributed by atoms with Crippen LogP contribution in [0.1, 0.15) is 153 Å². The van der Waals surface area contributed by atoms with Crippen LogP contribution in [0.25, 0.3) is 43.1 Å². The summed E-state index contributed by atoms with van der Waals surface area (Å²) in [5, 5.41) is 28.4. The fraction of sp³-hybridized carbons (Fsp3) is 0.500. The topological polar surface area (TPSA) is 66.0 Å². The highest BCUT2D eigenvalue weighted by Crippen LogP contribution is 2.41. The van der Waals surface area contributed by atoms with Crippen LogP contribution in [0.3, 0.4) is 0 Å². The molecular weight excluding hydrogens is 637 g/mol. The van der Waals surface area contributed by atoms with Gasteiger partial charge in [0.25, 0.3) is 0 Å². The smallest absolute Gasteiger partial charge is 0.119 e. The van der Waals surface area contributed by atoms with Crippen molar-refractivity contribution in [1.82, 2.24) is 0 Å². The summed E-state index contributed by atoms with van der Waals surface area (Å²) in [5.74, 6) is 1.74. The molecule has 0 aromatic heterocycles. The van der Waals surface area contributed by atoms with Crippen LogP contribution >= 0.6 is 0 Å². The molecule has 0 N–H and O–H groups in total. The fourth-order valence-electron chi connectivity index (χ4n) is 7.81. The maximum absolute atomic E-state index is 10.3. The number of benzene rings is 5. The monoisotopic (exact) mass is 696 g/mol. The molecule has 0 fully saturated rings. The first-order chi connectivity index (χ1) is 25.7. The lowest BCUT2D eigenvalue weighted by atomic mass is 9.87. The van der Waals surface area contributed by atoms with Gasteiger partial charge in [-0.15, -0.1) is 0 Å². The van der Waals surface area contributed by atoms with E-state index in [1.54, 1.807) is 0 Å². The second-order valence-electron chi connectivity index (χ2n) is 14.8. The Hall–Kier alpha value is -4.28. The Balaban J connectivity index is 1.27. The van der Waals surface area contributed by atoms with Gasteiger partial charge in [-0.25, -0.2) is 0 Å². The minimum absolute atomic E-state index is 0.434. The zero-order valence-electron chi connectivity index (χ0n) is 32.0. The highest BCUT2D eigenvalue weighted by Gasteiger charge is 2.19. The van der Waals surface area contributed by atoms with Crippen LogP contribution in [0.4, 0.5) is 0 Å². The van der Waals surface area contributed by atoms with Crippen molar-refractivity contribution in [3.05, 3.63) is 71.8 Å². The molecule has 5 aromatic carbocycles. The summed E-state index contributed by atoms with van der Waals surface area (Å²) < 4.78 is 12.4. The number of hydrogen-bond acceptors (Lipinski definition) is 4. The minimum atomic E-state index is 0.434. The van der Waals surface area contributed by atoms with Crippen LogP contribution in [-0.4, -0.2) is 13.2 Å². The van der Waals surface area contributed by atoms with Crippen molar-refractivity contribution in [2.45, 2.75) is 142 Å². The molecule has 0 unspecified atom stereocenters. The van der Waals surface area contributed by atoms with Crippen LogP contribution < -0.4 is 9.47 Å². The highest BCUT2D eigenvalue weighted by molar-refractivity contribution is 6.29. The molecule has 5 aromatic rings. The van der Waals surface area contributed by atoms with Gasteiger partial charge in [-0.2, -0.15) is 10.5 Å². The molecule has 5 rings (SSSR count). The molecule has 0 aliphatic heterocycles.